The summed E-state index contributed by atoms with van der Waals surface area (Å²) in [5.74, 6) is 2.90. The number of hydrogen-bond donors (Lipinski definition) is 2. The molecule has 3 aliphatic rings. The first-order valence-electron chi connectivity index (χ1n) is 10.1. The molecule has 172 valence electrons. The lowest BCUT2D eigenvalue weighted by Gasteiger charge is -2.11. The molecular formula is C20H26N6O4S2. The van der Waals surface area contributed by atoms with E-state index in [2.05, 4.69) is 14.7 Å². The summed E-state index contributed by atoms with van der Waals surface area (Å²) in [6, 6.07) is 5.80. The Balaban J connectivity index is 1.51. The number of rotatable bonds is 10. The minimum Gasteiger partial charge on any atom is -0.497 e. The zero-order valence-electron chi connectivity index (χ0n) is 18.1. The van der Waals surface area contributed by atoms with Gasteiger partial charge < -0.3 is 19.8 Å². The maximum atomic E-state index is 11.2. The number of aromatic nitrogens is 4. The van der Waals surface area contributed by atoms with Crippen molar-refractivity contribution in [2.45, 2.75) is 35.4 Å². The van der Waals surface area contributed by atoms with Crippen LogP contribution in [-0.2, 0) is 10.0 Å². The first-order chi connectivity index (χ1) is 15.3. The van der Waals surface area contributed by atoms with Crippen LogP contribution in [0.2, 0.25) is 0 Å². The number of nitrogens with zero attached hydrogens (tertiary/aromatic N) is 4. The lowest BCUT2D eigenvalue weighted by atomic mass is 10.2. The van der Waals surface area contributed by atoms with Crippen molar-refractivity contribution in [3.05, 3.63) is 24.5 Å². The maximum Gasteiger partial charge on any atom is 0.208 e. The smallest absolute Gasteiger partial charge is 0.208 e. The van der Waals surface area contributed by atoms with Crippen molar-refractivity contribution in [3.8, 4) is 23.0 Å². The molecule has 0 bridgehead atoms. The molecule has 1 aliphatic carbocycles. The van der Waals surface area contributed by atoms with E-state index in [1.165, 1.54) is 18.0 Å². The van der Waals surface area contributed by atoms with Gasteiger partial charge in [0.05, 0.1) is 31.7 Å². The van der Waals surface area contributed by atoms with Gasteiger partial charge >= 0.3 is 0 Å². The Bertz CT molecular complexity index is 1180. The van der Waals surface area contributed by atoms with Crippen LogP contribution in [0, 0.1) is 5.92 Å². The summed E-state index contributed by atoms with van der Waals surface area (Å²) in [5.41, 5.74) is 6.65. The summed E-state index contributed by atoms with van der Waals surface area (Å²) in [7, 11) is 0.0770. The molecule has 1 saturated carbocycles. The third-order valence-corrected chi connectivity index (χ3v) is 6.99. The number of ether oxygens (including phenoxy) is 2. The molecule has 3 N–H and O–H groups in total. The molecule has 1 fully saturated rings. The Labute approximate surface area is 191 Å². The molecule has 0 radical (unpaired) electrons. The molecular weight excluding hydrogens is 452 g/mol. The number of hydrogen-bond acceptors (Lipinski definition) is 9. The number of benzene rings is 1. The Hall–Kier alpha value is -2.57. The van der Waals surface area contributed by atoms with Crippen LogP contribution in [0.25, 0.3) is 11.5 Å². The molecule has 0 spiro atoms. The van der Waals surface area contributed by atoms with E-state index < -0.39 is 10.0 Å². The Morgan fingerprint density at radius 2 is 2.09 bits per heavy atom. The van der Waals surface area contributed by atoms with Crippen LogP contribution in [0.15, 0.2) is 34.6 Å². The van der Waals surface area contributed by atoms with E-state index >= 15 is 0 Å². The number of fused-ring (bicyclic) bond motifs is 1. The van der Waals surface area contributed by atoms with E-state index in [0.29, 0.717) is 46.5 Å². The van der Waals surface area contributed by atoms with Crippen molar-refractivity contribution in [1.29, 1.82) is 0 Å². The fourth-order valence-electron chi connectivity index (χ4n) is 3.66. The van der Waals surface area contributed by atoms with Gasteiger partial charge in [0.1, 0.15) is 11.5 Å². The molecule has 10 nitrogen and oxygen atoms in total. The number of anilines is 1. The third kappa shape index (κ3) is 5.08. The second-order valence-electron chi connectivity index (χ2n) is 7.71. The molecule has 4 rings (SSSR count). The summed E-state index contributed by atoms with van der Waals surface area (Å²) in [4.78, 5) is 14.5. The summed E-state index contributed by atoms with van der Waals surface area (Å²) < 4.78 is 37.7. The summed E-state index contributed by atoms with van der Waals surface area (Å²) in [6.45, 7) is 0.446. The van der Waals surface area contributed by atoms with Crippen molar-refractivity contribution >= 4 is 27.6 Å². The minimum absolute atomic E-state index is 0.254. The number of nitrogens with one attached hydrogen (secondary N) is 1. The van der Waals surface area contributed by atoms with Gasteiger partial charge in [-0.05, 0) is 55.1 Å². The molecule has 2 heterocycles. The molecule has 1 aromatic carbocycles. The van der Waals surface area contributed by atoms with Crippen LogP contribution in [-0.4, -0.2) is 55.0 Å². The first-order valence-corrected chi connectivity index (χ1v) is 12.8. The van der Waals surface area contributed by atoms with Gasteiger partial charge in [0.25, 0.3) is 0 Å². The van der Waals surface area contributed by atoms with E-state index in [-0.39, 0.29) is 6.04 Å². The highest BCUT2D eigenvalue weighted by Gasteiger charge is 2.40. The number of methoxy groups -OCH3 is 2. The second-order valence-corrected chi connectivity index (χ2v) is 10.5. The number of sulfonamides is 1. The largest absolute Gasteiger partial charge is 0.497 e. The van der Waals surface area contributed by atoms with E-state index in [1.807, 2.05) is 22.8 Å². The van der Waals surface area contributed by atoms with Gasteiger partial charge in [-0.3, -0.25) is 0 Å². The zero-order valence-corrected chi connectivity index (χ0v) is 19.7. The summed E-state index contributed by atoms with van der Waals surface area (Å²) in [6.07, 6.45) is 5.58. The molecule has 2 unspecified atom stereocenters. The topological polar surface area (TPSA) is 134 Å². The highest BCUT2D eigenvalue weighted by Crippen LogP contribution is 2.48. The molecule has 0 amide bonds. The van der Waals surface area contributed by atoms with Gasteiger partial charge in [-0.2, -0.15) is 0 Å². The van der Waals surface area contributed by atoms with E-state index in [1.54, 1.807) is 20.5 Å². The van der Waals surface area contributed by atoms with Crippen LogP contribution in [0.1, 0.15) is 25.3 Å². The quantitative estimate of drug-likeness (QED) is 0.421. The Morgan fingerprint density at radius 3 is 2.81 bits per heavy atom. The van der Waals surface area contributed by atoms with Crippen LogP contribution >= 0.6 is 11.8 Å². The van der Waals surface area contributed by atoms with Crippen LogP contribution in [0.3, 0.4) is 0 Å². The molecule has 12 heteroatoms. The average Bonchev–Trinajstić information content (AvgIpc) is 3.39. The van der Waals surface area contributed by atoms with Gasteiger partial charge in [0.2, 0.25) is 10.0 Å². The molecule has 2 atom stereocenters. The predicted octanol–water partition coefficient (Wildman–Crippen LogP) is 2.42. The zero-order chi connectivity index (χ0) is 22.9. The first kappa shape index (κ1) is 22.6. The minimum atomic E-state index is -3.15. The van der Waals surface area contributed by atoms with Gasteiger partial charge in [0, 0.05) is 12.6 Å². The summed E-state index contributed by atoms with van der Waals surface area (Å²) in [5, 5.41) is 0.551. The van der Waals surface area contributed by atoms with Crippen molar-refractivity contribution in [3.63, 3.8) is 0 Å². The molecule has 0 saturated heterocycles. The predicted molar refractivity (Wildman–Crippen MR) is 122 cm³/mol. The fraction of sp³-hybridized carbons (Fsp3) is 0.450. The Morgan fingerprint density at radius 1 is 1.28 bits per heavy atom. The van der Waals surface area contributed by atoms with Crippen LogP contribution in [0.5, 0.6) is 11.5 Å². The van der Waals surface area contributed by atoms with Crippen molar-refractivity contribution in [2.75, 3.05) is 32.8 Å². The second kappa shape index (κ2) is 9.12. The van der Waals surface area contributed by atoms with E-state index in [9.17, 15) is 8.42 Å². The van der Waals surface area contributed by atoms with Gasteiger partial charge in [-0.1, -0.05) is 0 Å². The SMILES string of the molecule is COc1ccc(OC)c(Sc2nc3c(N)ncn(C4CC4CCCNS(C)(=O)=O)c-3n2)c1. The lowest BCUT2D eigenvalue weighted by molar-refractivity contribution is 0.394. The van der Waals surface area contributed by atoms with Crippen molar-refractivity contribution in [2.24, 2.45) is 5.92 Å². The van der Waals surface area contributed by atoms with Crippen LogP contribution < -0.4 is 19.9 Å². The monoisotopic (exact) mass is 478 g/mol. The van der Waals surface area contributed by atoms with Gasteiger partial charge in [-0.15, -0.1) is 0 Å². The number of imidazole rings is 1. The molecule has 0 aromatic heterocycles. The molecule has 1 aromatic rings. The van der Waals surface area contributed by atoms with Crippen LogP contribution in [0.4, 0.5) is 5.82 Å². The molecule has 32 heavy (non-hydrogen) atoms. The van der Waals surface area contributed by atoms with E-state index in [0.717, 1.165) is 24.2 Å². The van der Waals surface area contributed by atoms with Crippen molar-refractivity contribution < 1.29 is 17.9 Å². The number of nitrogens with two attached hydrogens (primary N) is 1. The van der Waals surface area contributed by atoms with E-state index in [4.69, 9.17) is 20.2 Å². The normalized spacial score (nSPS) is 18.1. The highest BCUT2D eigenvalue weighted by atomic mass is 32.2. The standard InChI is InChI=1S/C20H26N6O4S2/c1-29-13-6-7-15(30-2)16(10-13)31-20-24-17-18(21)22-11-26(19(17)25-20)14-9-12(14)5-4-8-23-32(3,27)28/h6-7,10-12,14,23H,4-5,8-9,21H2,1-3H3. The lowest BCUT2D eigenvalue weighted by Crippen LogP contribution is -2.23. The highest BCUT2D eigenvalue weighted by molar-refractivity contribution is 7.99. The third-order valence-electron chi connectivity index (χ3n) is 5.36. The van der Waals surface area contributed by atoms with Crippen molar-refractivity contribution in [1.82, 2.24) is 24.2 Å². The van der Waals surface area contributed by atoms with Gasteiger partial charge in [0.15, 0.2) is 22.5 Å². The summed E-state index contributed by atoms with van der Waals surface area (Å²) >= 11 is 1.37. The average molecular weight is 479 g/mol. The Kier molecular flexibility index (Phi) is 6.45. The number of nitrogen functional groups attached to an aromatic ring is 1. The molecule has 2 aliphatic heterocycles. The van der Waals surface area contributed by atoms with Gasteiger partial charge in [-0.25, -0.2) is 28.1 Å². The fourth-order valence-corrected chi connectivity index (χ4v) is 5.07. The maximum absolute atomic E-state index is 11.2.